The van der Waals surface area contributed by atoms with Crippen LogP contribution in [0, 0.1) is 3.57 Å². The number of Topliss-reactive ketones (excluding diaryl/α,β-unsaturated/α-hetero) is 1. The molecule has 0 saturated heterocycles. The summed E-state index contributed by atoms with van der Waals surface area (Å²) in [6, 6.07) is 7.52. The molecule has 1 aromatic carbocycles. The van der Waals surface area contributed by atoms with E-state index in [1.807, 2.05) is 50.1 Å². The van der Waals surface area contributed by atoms with Crippen LogP contribution in [0.25, 0.3) is 0 Å². The summed E-state index contributed by atoms with van der Waals surface area (Å²) < 4.78 is 1.11. The minimum Gasteiger partial charge on any atom is -0.394 e. The lowest BCUT2D eigenvalue weighted by molar-refractivity contribution is 0.0659. The Morgan fingerprint density at radius 3 is 2.35 bits per heavy atom. The summed E-state index contributed by atoms with van der Waals surface area (Å²) in [5.41, 5.74) is 0.338. The molecule has 17 heavy (non-hydrogen) atoms. The van der Waals surface area contributed by atoms with Gasteiger partial charge in [0.15, 0.2) is 5.78 Å². The monoisotopic (exact) mass is 347 g/mol. The molecule has 0 amide bonds. The molecule has 0 aliphatic carbocycles. The lowest BCUT2D eigenvalue weighted by Crippen LogP contribution is -2.46. The molecule has 0 aliphatic rings. The zero-order chi connectivity index (χ0) is 13.1. The second-order valence-electron chi connectivity index (χ2n) is 4.76. The summed E-state index contributed by atoms with van der Waals surface area (Å²) in [6.07, 6.45) is 0. The minimum atomic E-state index is -0.376. The first kappa shape index (κ1) is 14.6. The molecule has 1 N–H and O–H groups in total. The van der Waals surface area contributed by atoms with E-state index in [0.717, 1.165) is 3.57 Å². The lowest BCUT2D eigenvalue weighted by atomic mass is 10.0. The zero-order valence-electron chi connectivity index (χ0n) is 10.4. The SMILES string of the molecule is CN(CC(=O)c1ccc(I)cc1)C(C)(C)CO. The molecule has 0 aromatic heterocycles. The zero-order valence-corrected chi connectivity index (χ0v) is 12.6. The molecular weight excluding hydrogens is 329 g/mol. The molecule has 0 saturated carbocycles. The van der Waals surface area contributed by atoms with Crippen molar-refractivity contribution in [1.82, 2.24) is 4.90 Å². The third-order valence-corrected chi connectivity index (χ3v) is 3.69. The van der Waals surface area contributed by atoms with Crippen LogP contribution in [-0.4, -0.2) is 41.5 Å². The minimum absolute atomic E-state index is 0.0312. The molecular formula is C13H18INO2. The van der Waals surface area contributed by atoms with Crippen LogP contribution in [0.5, 0.6) is 0 Å². The highest BCUT2D eigenvalue weighted by molar-refractivity contribution is 14.1. The molecule has 0 fully saturated rings. The van der Waals surface area contributed by atoms with Gasteiger partial charge >= 0.3 is 0 Å². The molecule has 0 unspecified atom stereocenters. The summed E-state index contributed by atoms with van der Waals surface area (Å²) in [5.74, 6) is 0.0745. The van der Waals surface area contributed by atoms with Crippen LogP contribution in [0.15, 0.2) is 24.3 Å². The molecule has 1 aromatic rings. The molecule has 3 nitrogen and oxygen atoms in total. The van der Waals surface area contributed by atoms with Gasteiger partial charge in [-0.25, -0.2) is 0 Å². The third-order valence-electron chi connectivity index (χ3n) is 2.97. The molecule has 0 radical (unpaired) electrons. The maximum absolute atomic E-state index is 12.0. The van der Waals surface area contributed by atoms with Crippen LogP contribution in [0.3, 0.4) is 0 Å². The van der Waals surface area contributed by atoms with Crippen LogP contribution in [0.2, 0.25) is 0 Å². The number of hydrogen-bond acceptors (Lipinski definition) is 3. The van der Waals surface area contributed by atoms with Crippen molar-refractivity contribution in [3.8, 4) is 0 Å². The van der Waals surface area contributed by atoms with E-state index in [2.05, 4.69) is 22.6 Å². The molecule has 4 heteroatoms. The van der Waals surface area contributed by atoms with E-state index in [1.165, 1.54) is 0 Å². The van der Waals surface area contributed by atoms with E-state index in [0.29, 0.717) is 12.1 Å². The van der Waals surface area contributed by atoms with Crippen LogP contribution in [0.1, 0.15) is 24.2 Å². The Kier molecular flexibility index (Phi) is 5.09. The van der Waals surface area contributed by atoms with Gasteiger partial charge in [-0.2, -0.15) is 0 Å². The maximum Gasteiger partial charge on any atom is 0.176 e. The van der Waals surface area contributed by atoms with Gasteiger partial charge in [0.25, 0.3) is 0 Å². The first-order chi connectivity index (χ1) is 7.86. The standard InChI is InChI=1S/C13H18INO2/c1-13(2,9-16)15(3)8-12(17)10-4-6-11(14)7-5-10/h4-7,16H,8-9H2,1-3H3. The van der Waals surface area contributed by atoms with E-state index in [-0.39, 0.29) is 17.9 Å². The summed E-state index contributed by atoms with van der Waals surface area (Å²) in [4.78, 5) is 13.9. The first-order valence-electron chi connectivity index (χ1n) is 5.47. The predicted molar refractivity (Wildman–Crippen MR) is 77.3 cm³/mol. The van der Waals surface area contributed by atoms with Crippen molar-refractivity contribution in [2.45, 2.75) is 19.4 Å². The summed E-state index contributed by atoms with van der Waals surface area (Å²) in [6.45, 7) is 4.17. The van der Waals surface area contributed by atoms with Gasteiger partial charge in [-0.05, 0) is 55.6 Å². The topological polar surface area (TPSA) is 40.5 Å². The maximum atomic E-state index is 12.0. The van der Waals surface area contributed by atoms with E-state index in [4.69, 9.17) is 0 Å². The number of nitrogens with zero attached hydrogens (tertiary/aromatic N) is 1. The highest BCUT2D eigenvalue weighted by atomic mass is 127. The summed E-state index contributed by atoms with van der Waals surface area (Å²) in [7, 11) is 1.85. The fourth-order valence-corrected chi connectivity index (χ4v) is 1.64. The average Bonchev–Trinajstić information content (AvgIpc) is 2.29. The Morgan fingerprint density at radius 2 is 1.88 bits per heavy atom. The van der Waals surface area contributed by atoms with Crippen molar-refractivity contribution < 1.29 is 9.90 Å². The normalized spacial score (nSPS) is 11.9. The van der Waals surface area contributed by atoms with Crippen molar-refractivity contribution >= 4 is 28.4 Å². The second-order valence-corrected chi connectivity index (χ2v) is 6.00. The smallest absolute Gasteiger partial charge is 0.176 e. The first-order valence-corrected chi connectivity index (χ1v) is 6.55. The predicted octanol–water partition coefficient (Wildman–Crippen LogP) is 2.18. The van der Waals surface area contributed by atoms with E-state index >= 15 is 0 Å². The molecule has 0 heterocycles. The molecule has 0 atom stereocenters. The van der Waals surface area contributed by atoms with E-state index < -0.39 is 0 Å². The largest absolute Gasteiger partial charge is 0.394 e. The van der Waals surface area contributed by atoms with Gasteiger partial charge in [-0.15, -0.1) is 0 Å². The number of aliphatic hydroxyl groups excluding tert-OH is 1. The Hall–Kier alpha value is -0.460. The number of hydrogen-bond donors (Lipinski definition) is 1. The second kappa shape index (κ2) is 5.93. The fourth-order valence-electron chi connectivity index (χ4n) is 1.28. The molecule has 0 aliphatic heterocycles. The number of carbonyl (C=O) groups is 1. The number of halogens is 1. The van der Waals surface area contributed by atoms with Crippen LogP contribution >= 0.6 is 22.6 Å². The number of carbonyl (C=O) groups excluding carboxylic acids is 1. The Morgan fingerprint density at radius 1 is 1.35 bits per heavy atom. The number of ketones is 1. The average molecular weight is 347 g/mol. The number of likely N-dealkylation sites (N-methyl/N-ethyl adjacent to an activating group) is 1. The van der Waals surface area contributed by atoms with Crippen molar-refractivity contribution in [2.24, 2.45) is 0 Å². The Labute approximate surface area is 116 Å². The third kappa shape index (κ3) is 4.04. The van der Waals surface area contributed by atoms with Gasteiger partial charge in [-0.3, -0.25) is 9.69 Å². The molecule has 0 bridgehead atoms. The van der Waals surface area contributed by atoms with Gasteiger partial charge in [0, 0.05) is 14.7 Å². The van der Waals surface area contributed by atoms with E-state index in [9.17, 15) is 9.90 Å². The highest BCUT2D eigenvalue weighted by Gasteiger charge is 2.24. The van der Waals surface area contributed by atoms with Crippen LogP contribution < -0.4 is 0 Å². The Balaban J connectivity index is 2.70. The van der Waals surface area contributed by atoms with Gasteiger partial charge < -0.3 is 5.11 Å². The number of benzene rings is 1. The van der Waals surface area contributed by atoms with Crippen LogP contribution in [-0.2, 0) is 0 Å². The quantitative estimate of drug-likeness (QED) is 0.656. The molecule has 1 rings (SSSR count). The van der Waals surface area contributed by atoms with Crippen molar-refractivity contribution in [3.63, 3.8) is 0 Å². The number of rotatable bonds is 5. The fraction of sp³-hybridized carbons (Fsp3) is 0.462. The van der Waals surface area contributed by atoms with Crippen molar-refractivity contribution in [3.05, 3.63) is 33.4 Å². The van der Waals surface area contributed by atoms with Gasteiger partial charge in [-0.1, -0.05) is 12.1 Å². The van der Waals surface area contributed by atoms with Gasteiger partial charge in [0.05, 0.1) is 13.2 Å². The number of aliphatic hydroxyl groups is 1. The van der Waals surface area contributed by atoms with Crippen molar-refractivity contribution in [2.75, 3.05) is 20.2 Å². The Bertz CT molecular complexity index is 387. The highest BCUT2D eigenvalue weighted by Crippen LogP contribution is 2.13. The van der Waals surface area contributed by atoms with Gasteiger partial charge in [0.2, 0.25) is 0 Å². The summed E-state index contributed by atoms with van der Waals surface area (Å²) in [5, 5.41) is 9.23. The lowest BCUT2D eigenvalue weighted by Gasteiger charge is -2.33. The van der Waals surface area contributed by atoms with Gasteiger partial charge in [0.1, 0.15) is 0 Å². The van der Waals surface area contributed by atoms with Crippen molar-refractivity contribution in [1.29, 1.82) is 0 Å². The molecule has 94 valence electrons. The van der Waals surface area contributed by atoms with E-state index in [1.54, 1.807) is 0 Å². The van der Waals surface area contributed by atoms with Crippen LogP contribution in [0.4, 0.5) is 0 Å². The summed E-state index contributed by atoms with van der Waals surface area (Å²) >= 11 is 2.21. The molecule has 0 spiro atoms.